The molecule has 0 radical (unpaired) electrons. The molecular weight excluding hydrogens is 360 g/mol. The largest absolute Gasteiger partial charge is 0.508 e. The van der Waals surface area contributed by atoms with Gasteiger partial charge in [0.05, 0.1) is 17.0 Å². The molecule has 1 aliphatic heterocycles. The number of benzene rings is 2. The fourth-order valence-electron chi connectivity index (χ4n) is 2.28. The van der Waals surface area contributed by atoms with Crippen molar-refractivity contribution < 1.29 is 15.0 Å². The van der Waals surface area contributed by atoms with Gasteiger partial charge in [-0.3, -0.25) is 4.79 Å². The molecule has 23 heavy (non-hydrogen) atoms. The summed E-state index contributed by atoms with van der Waals surface area (Å²) < 4.78 is 0.851. The molecule has 2 aromatic carbocycles. The van der Waals surface area contributed by atoms with Gasteiger partial charge < -0.3 is 10.2 Å². The predicted octanol–water partition coefficient (Wildman–Crippen LogP) is 3.67. The molecule has 0 aromatic heterocycles. The van der Waals surface area contributed by atoms with Crippen LogP contribution in [0.3, 0.4) is 0 Å². The number of phenolic OH excluding ortho intramolecular Hbond substituents is 2. The zero-order valence-electron chi connectivity index (χ0n) is 12.2. The van der Waals surface area contributed by atoms with Crippen molar-refractivity contribution in [1.82, 2.24) is 0 Å². The van der Waals surface area contributed by atoms with Crippen LogP contribution < -0.4 is 5.01 Å². The maximum atomic E-state index is 12.6. The van der Waals surface area contributed by atoms with Crippen LogP contribution >= 0.6 is 15.9 Å². The Morgan fingerprint density at radius 1 is 1.17 bits per heavy atom. The maximum Gasteiger partial charge on any atom is 0.280 e. The summed E-state index contributed by atoms with van der Waals surface area (Å²) >= 11 is 3.37. The van der Waals surface area contributed by atoms with E-state index in [4.69, 9.17) is 0 Å². The van der Waals surface area contributed by atoms with Gasteiger partial charge in [0, 0.05) is 16.1 Å². The van der Waals surface area contributed by atoms with Crippen LogP contribution in [-0.4, -0.2) is 21.8 Å². The third-order valence-electron chi connectivity index (χ3n) is 3.43. The molecule has 5 nitrogen and oxygen atoms in total. The number of phenols is 2. The van der Waals surface area contributed by atoms with E-state index in [0.717, 1.165) is 4.47 Å². The van der Waals surface area contributed by atoms with Gasteiger partial charge in [0.2, 0.25) is 0 Å². The first-order valence-corrected chi connectivity index (χ1v) is 7.64. The van der Waals surface area contributed by atoms with Crippen LogP contribution in [0.15, 0.2) is 57.6 Å². The minimum atomic E-state index is -0.270. The third-order valence-corrected chi connectivity index (χ3v) is 3.92. The van der Waals surface area contributed by atoms with Crippen molar-refractivity contribution in [3.05, 3.63) is 58.1 Å². The molecule has 0 saturated carbocycles. The molecule has 1 heterocycles. The second-order valence-corrected chi connectivity index (χ2v) is 6.00. The molecule has 6 heteroatoms. The van der Waals surface area contributed by atoms with E-state index in [9.17, 15) is 15.0 Å². The van der Waals surface area contributed by atoms with Crippen molar-refractivity contribution in [1.29, 1.82) is 0 Å². The minimum Gasteiger partial charge on any atom is -0.508 e. The van der Waals surface area contributed by atoms with Crippen LogP contribution in [0.4, 0.5) is 5.69 Å². The smallest absolute Gasteiger partial charge is 0.280 e. The highest BCUT2D eigenvalue weighted by Crippen LogP contribution is 2.29. The lowest BCUT2D eigenvalue weighted by Gasteiger charge is -2.11. The van der Waals surface area contributed by atoms with Gasteiger partial charge >= 0.3 is 0 Å². The topological polar surface area (TPSA) is 73.1 Å². The zero-order chi connectivity index (χ0) is 16.6. The molecule has 0 unspecified atom stereocenters. The van der Waals surface area contributed by atoms with E-state index >= 15 is 0 Å². The molecule has 116 valence electrons. The number of amides is 1. The Balaban J connectivity index is 1.98. The number of hydrogen-bond acceptors (Lipinski definition) is 4. The fourth-order valence-corrected chi connectivity index (χ4v) is 2.66. The van der Waals surface area contributed by atoms with Crippen molar-refractivity contribution in [2.24, 2.45) is 5.10 Å². The fraction of sp³-hybridized carbons (Fsp3) is 0.0588. The Morgan fingerprint density at radius 3 is 2.65 bits per heavy atom. The summed E-state index contributed by atoms with van der Waals surface area (Å²) in [4.78, 5) is 12.6. The van der Waals surface area contributed by atoms with Gasteiger partial charge in [-0.2, -0.15) is 10.1 Å². The van der Waals surface area contributed by atoms with E-state index in [0.29, 0.717) is 22.5 Å². The van der Waals surface area contributed by atoms with Gasteiger partial charge in [-0.25, -0.2) is 0 Å². The highest BCUT2D eigenvalue weighted by molar-refractivity contribution is 9.10. The average molecular weight is 373 g/mol. The van der Waals surface area contributed by atoms with Gasteiger partial charge in [-0.15, -0.1) is 0 Å². The molecule has 0 spiro atoms. The highest BCUT2D eigenvalue weighted by atomic mass is 79.9. The van der Waals surface area contributed by atoms with E-state index in [-0.39, 0.29) is 17.4 Å². The van der Waals surface area contributed by atoms with Gasteiger partial charge in [-0.1, -0.05) is 22.0 Å². The van der Waals surface area contributed by atoms with E-state index in [1.165, 1.54) is 17.1 Å². The number of carbonyl (C=O) groups excluding carboxylic acids is 1. The maximum absolute atomic E-state index is 12.6. The standard InChI is InChI=1S/C17H13BrN2O3/c1-10-15(7-11-5-6-14(21)9-16(11)22)17(23)20(19-10)13-4-2-3-12(18)8-13/h2-9,21-22H,1H3/b15-7-. The van der Waals surface area contributed by atoms with Gasteiger partial charge in [0.15, 0.2) is 0 Å². The van der Waals surface area contributed by atoms with Gasteiger partial charge in [-0.05, 0) is 43.3 Å². The van der Waals surface area contributed by atoms with Crippen molar-refractivity contribution >= 4 is 39.3 Å². The number of rotatable bonds is 2. The highest BCUT2D eigenvalue weighted by Gasteiger charge is 2.29. The SMILES string of the molecule is CC1=NN(c2cccc(Br)c2)C(=O)/C1=C\c1ccc(O)cc1O. The lowest BCUT2D eigenvalue weighted by molar-refractivity contribution is -0.114. The van der Waals surface area contributed by atoms with Crippen LogP contribution in [0.5, 0.6) is 11.5 Å². The van der Waals surface area contributed by atoms with E-state index in [1.807, 2.05) is 12.1 Å². The summed E-state index contributed by atoms with van der Waals surface area (Å²) in [5.41, 5.74) is 2.05. The monoisotopic (exact) mass is 372 g/mol. The number of aromatic hydroxyl groups is 2. The summed E-state index contributed by atoms with van der Waals surface area (Å²) in [6.07, 6.45) is 1.56. The second-order valence-electron chi connectivity index (χ2n) is 5.08. The minimum absolute atomic E-state index is 0.0384. The molecule has 3 rings (SSSR count). The summed E-state index contributed by atoms with van der Waals surface area (Å²) in [6, 6.07) is 11.5. The number of halogens is 1. The molecule has 0 atom stereocenters. The number of anilines is 1. The van der Waals surface area contributed by atoms with Crippen LogP contribution in [0.25, 0.3) is 6.08 Å². The van der Waals surface area contributed by atoms with E-state index in [2.05, 4.69) is 21.0 Å². The number of hydrazone groups is 1. The first-order chi connectivity index (χ1) is 11.0. The summed E-state index contributed by atoms with van der Waals surface area (Å²) in [6.45, 7) is 1.74. The van der Waals surface area contributed by atoms with Crippen LogP contribution in [0.1, 0.15) is 12.5 Å². The van der Waals surface area contributed by atoms with Crippen molar-refractivity contribution in [2.75, 3.05) is 5.01 Å². The zero-order valence-corrected chi connectivity index (χ0v) is 13.8. The molecule has 0 fully saturated rings. The van der Waals surface area contributed by atoms with Crippen molar-refractivity contribution in [2.45, 2.75) is 6.92 Å². The number of carbonyl (C=O) groups is 1. The Hall–Kier alpha value is -2.60. The molecular formula is C17H13BrN2O3. The normalized spacial score (nSPS) is 16.1. The Bertz CT molecular complexity index is 859. The predicted molar refractivity (Wildman–Crippen MR) is 92.5 cm³/mol. The molecule has 1 aliphatic rings. The molecule has 0 aliphatic carbocycles. The third kappa shape index (κ3) is 2.98. The Morgan fingerprint density at radius 2 is 1.96 bits per heavy atom. The molecule has 0 saturated heterocycles. The molecule has 1 amide bonds. The average Bonchev–Trinajstić information content (AvgIpc) is 2.78. The quantitative estimate of drug-likeness (QED) is 0.789. The molecule has 0 bridgehead atoms. The van der Waals surface area contributed by atoms with Crippen molar-refractivity contribution in [3.63, 3.8) is 0 Å². The molecule has 2 aromatic rings. The lowest BCUT2D eigenvalue weighted by atomic mass is 10.1. The Labute approximate surface area is 141 Å². The number of hydrogen-bond donors (Lipinski definition) is 2. The Kier molecular flexibility index (Phi) is 3.92. The van der Waals surface area contributed by atoms with Gasteiger partial charge in [0.1, 0.15) is 11.5 Å². The first-order valence-electron chi connectivity index (χ1n) is 6.85. The summed E-state index contributed by atoms with van der Waals surface area (Å²) in [5, 5.41) is 24.8. The lowest BCUT2D eigenvalue weighted by Crippen LogP contribution is -2.21. The van der Waals surface area contributed by atoms with Crippen LogP contribution in [-0.2, 0) is 4.79 Å². The van der Waals surface area contributed by atoms with E-state index < -0.39 is 0 Å². The van der Waals surface area contributed by atoms with Crippen molar-refractivity contribution in [3.8, 4) is 11.5 Å². The first kappa shape index (κ1) is 15.3. The van der Waals surface area contributed by atoms with Crippen LogP contribution in [0.2, 0.25) is 0 Å². The van der Waals surface area contributed by atoms with Gasteiger partial charge in [0.25, 0.3) is 5.91 Å². The van der Waals surface area contributed by atoms with Crippen LogP contribution in [0, 0.1) is 0 Å². The number of nitrogens with zero attached hydrogens (tertiary/aromatic N) is 2. The summed E-state index contributed by atoms with van der Waals surface area (Å²) in [5.74, 6) is -0.407. The summed E-state index contributed by atoms with van der Waals surface area (Å²) in [7, 11) is 0. The second kappa shape index (κ2) is 5.89. The van der Waals surface area contributed by atoms with E-state index in [1.54, 1.807) is 31.2 Å². The molecule has 2 N–H and O–H groups in total.